The summed E-state index contributed by atoms with van der Waals surface area (Å²) in [4.78, 5) is 68.4. The summed E-state index contributed by atoms with van der Waals surface area (Å²) in [6.07, 6.45) is -0.564. The molecule has 4 N–H and O–H groups in total. The van der Waals surface area contributed by atoms with Crippen LogP contribution in [0, 0.1) is 11.3 Å². The predicted molar refractivity (Wildman–Crippen MR) is 182 cm³/mol. The minimum Gasteiger partial charge on any atom is -0.444 e. The fourth-order valence-corrected chi connectivity index (χ4v) is 7.45. The van der Waals surface area contributed by atoms with Crippen molar-refractivity contribution in [2.75, 3.05) is 11.9 Å². The van der Waals surface area contributed by atoms with Gasteiger partial charge in [0.1, 0.15) is 29.3 Å². The van der Waals surface area contributed by atoms with Gasteiger partial charge in [-0.15, -0.1) is 6.58 Å². The molecule has 5 amide bonds. The first kappa shape index (κ1) is 38.2. The molecule has 49 heavy (non-hydrogen) atoms. The molecule has 0 bridgehead atoms. The van der Waals surface area contributed by atoms with Crippen LogP contribution in [0.25, 0.3) is 0 Å². The molecule has 2 saturated carbocycles. The Labute approximate surface area is 296 Å². The lowest BCUT2D eigenvalue weighted by Gasteiger charge is -2.36. The van der Waals surface area contributed by atoms with Crippen molar-refractivity contribution in [1.82, 2.24) is 20.3 Å². The zero-order chi connectivity index (χ0) is 36.7. The molecular weight excluding hydrogens is 701 g/mol. The number of hydrogen-bond acceptors (Lipinski definition) is 9. The third kappa shape index (κ3) is 9.57. The van der Waals surface area contributed by atoms with Crippen molar-refractivity contribution in [2.45, 2.75) is 102 Å². The quantitative estimate of drug-likeness (QED) is 0.256. The Kier molecular flexibility index (Phi) is 10.9. The second-order valence-electron chi connectivity index (χ2n) is 14.7. The number of benzene rings is 1. The van der Waals surface area contributed by atoms with Crippen molar-refractivity contribution in [3.63, 3.8) is 0 Å². The van der Waals surface area contributed by atoms with Gasteiger partial charge in [0.25, 0.3) is 5.91 Å². The maximum atomic E-state index is 14.2. The van der Waals surface area contributed by atoms with Crippen LogP contribution in [0.5, 0.6) is 0 Å². The summed E-state index contributed by atoms with van der Waals surface area (Å²) in [5.41, 5.74) is -3.11. The molecule has 2 unspecified atom stereocenters. The summed E-state index contributed by atoms with van der Waals surface area (Å²) in [6, 6.07) is 1.90. The second-order valence-corrected chi connectivity index (χ2v) is 17.5. The maximum absolute atomic E-state index is 14.2. The van der Waals surface area contributed by atoms with E-state index in [0.29, 0.717) is 12.8 Å². The maximum Gasteiger partial charge on any atom is 0.411 e. The van der Waals surface area contributed by atoms with Crippen LogP contribution in [0.2, 0.25) is 10.0 Å². The number of carbonyl (C=O) groups excluding carboxylic acids is 5. The van der Waals surface area contributed by atoms with E-state index in [2.05, 4.69) is 27.3 Å². The number of amides is 5. The highest BCUT2D eigenvalue weighted by Crippen LogP contribution is 2.45. The van der Waals surface area contributed by atoms with E-state index >= 15 is 0 Å². The van der Waals surface area contributed by atoms with E-state index in [4.69, 9.17) is 32.7 Å². The molecule has 4 rings (SSSR count). The van der Waals surface area contributed by atoms with E-state index in [1.54, 1.807) is 41.5 Å². The summed E-state index contributed by atoms with van der Waals surface area (Å²) in [7, 11) is -3.93. The Morgan fingerprint density at radius 3 is 2.14 bits per heavy atom. The molecule has 1 saturated heterocycles. The molecule has 3 aliphatic rings. The summed E-state index contributed by atoms with van der Waals surface area (Å²) in [5, 5.41) is 7.66. The SMILES string of the molecule is C=CC1CC1(NC(=O)[C@@H]1C[C@@H](OC(=O)Nc2cc(Cl)cc(Cl)c2)CN1C(=O)[C@@H](NC(=O)OC(C)(C)C)C(C)(C)C)C(=O)NS(=O)(=O)C1CC1. The summed E-state index contributed by atoms with van der Waals surface area (Å²) in [5.74, 6) is -2.93. The van der Waals surface area contributed by atoms with Crippen molar-refractivity contribution in [2.24, 2.45) is 11.3 Å². The number of anilines is 1. The zero-order valence-corrected chi connectivity index (χ0v) is 30.6. The van der Waals surface area contributed by atoms with Gasteiger partial charge >= 0.3 is 12.2 Å². The Hall–Kier alpha value is -3.56. The Morgan fingerprint density at radius 1 is 1.02 bits per heavy atom. The first-order valence-corrected chi connectivity index (χ1v) is 18.1. The topological polar surface area (TPSA) is 189 Å². The number of sulfonamides is 1. The van der Waals surface area contributed by atoms with Crippen LogP contribution in [-0.4, -0.2) is 84.3 Å². The highest BCUT2D eigenvalue weighted by atomic mass is 35.5. The van der Waals surface area contributed by atoms with Gasteiger partial charge in [-0.1, -0.05) is 50.0 Å². The van der Waals surface area contributed by atoms with Crippen molar-refractivity contribution in [3.8, 4) is 0 Å². The Morgan fingerprint density at radius 2 is 1.63 bits per heavy atom. The highest BCUT2D eigenvalue weighted by Gasteiger charge is 2.62. The number of rotatable bonds is 10. The smallest absolute Gasteiger partial charge is 0.411 e. The third-order valence-corrected chi connectivity index (χ3v) is 10.5. The largest absolute Gasteiger partial charge is 0.444 e. The number of alkyl carbamates (subject to hydrolysis) is 1. The molecule has 3 fully saturated rings. The van der Waals surface area contributed by atoms with E-state index in [0.717, 1.165) is 0 Å². The fourth-order valence-electron chi connectivity index (χ4n) is 5.56. The van der Waals surface area contributed by atoms with Crippen LogP contribution < -0.4 is 20.7 Å². The number of likely N-dealkylation sites (tertiary alicyclic amines) is 1. The molecule has 1 aromatic rings. The average Bonchev–Trinajstić information content (AvgIpc) is 3.86. The summed E-state index contributed by atoms with van der Waals surface area (Å²) < 4.78 is 38.2. The average molecular weight is 745 g/mol. The number of ether oxygens (including phenoxy) is 2. The molecular formula is C32H43Cl2N5O9S. The van der Waals surface area contributed by atoms with Crippen molar-refractivity contribution in [1.29, 1.82) is 0 Å². The van der Waals surface area contributed by atoms with Gasteiger partial charge in [-0.05, 0) is 63.6 Å². The van der Waals surface area contributed by atoms with Crippen molar-refractivity contribution >= 4 is 68.8 Å². The van der Waals surface area contributed by atoms with Gasteiger partial charge in [0.15, 0.2) is 0 Å². The first-order chi connectivity index (χ1) is 22.5. The third-order valence-electron chi connectivity index (χ3n) is 8.25. The van der Waals surface area contributed by atoms with E-state index < -0.39 is 85.8 Å². The van der Waals surface area contributed by atoms with E-state index in [1.807, 2.05) is 0 Å². The van der Waals surface area contributed by atoms with E-state index in [1.165, 1.54) is 29.2 Å². The Bertz CT molecular complexity index is 1620. The number of nitrogens with one attached hydrogen (secondary N) is 4. The normalized spacial score (nSPS) is 24.2. The van der Waals surface area contributed by atoms with Gasteiger partial charge in [0.2, 0.25) is 21.8 Å². The fraction of sp³-hybridized carbons (Fsp3) is 0.594. The van der Waals surface area contributed by atoms with Gasteiger partial charge in [-0.3, -0.25) is 24.4 Å². The molecule has 0 spiro atoms. The lowest BCUT2D eigenvalue weighted by Crippen LogP contribution is -2.60. The molecule has 1 aromatic carbocycles. The van der Waals surface area contributed by atoms with Crippen LogP contribution in [-0.2, 0) is 33.9 Å². The van der Waals surface area contributed by atoms with Crippen LogP contribution in [0.1, 0.15) is 67.2 Å². The number of nitrogens with zero attached hydrogens (tertiary/aromatic N) is 1. The van der Waals surface area contributed by atoms with E-state index in [9.17, 15) is 32.4 Å². The van der Waals surface area contributed by atoms with Crippen LogP contribution in [0.15, 0.2) is 30.9 Å². The molecule has 14 nitrogen and oxygen atoms in total. The van der Waals surface area contributed by atoms with Gasteiger partial charge in [-0.2, -0.15) is 0 Å². The van der Waals surface area contributed by atoms with Crippen LogP contribution in [0.4, 0.5) is 15.3 Å². The van der Waals surface area contributed by atoms with Crippen molar-refractivity contribution < 1.29 is 41.9 Å². The molecule has 5 atom stereocenters. The van der Waals surface area contributed by atoms with Crippen LogP contribution >= 0.6 is 23.2 Å². The number of hydrogen-bond donors (Lipinski definition) is 4. The predicted octanol–water partition coefficient (Wildman–Crippen LogP) is 4.12. The molecule has 1 heterocycles. The molecule has 0 radical (unpaired) electrons. The number of carbonyl (C=O) groups is 5. The molecule has 270 valence electrons. The van der Waals surface area contributed by atoms with Crippen molar-refractivity contribution in [3.05, 3.63) is 40.9 Å². The van der Waals surface area contributed by atoms with Crippen LogP contribution in [0.3, 0.4) is 0 Å². The minimum absolute atomic E-state index is 0.0876. The molecule has 0 aromatic heterocycles. The Balaban J connectivity index is 1.59. The molecule has 17 heteroatoms. The monoisotopic (exact) mass is 743 g/mol. The summed E-state index contributed by atoms with van der Waals surface area (Å²) in [6.45, 7) is 13.6. The minimum atomic E-state index is -3.93. The lowest BCUT2D eigenvalue weighted by molar-refractivity contribution is -0.143. The lowest BCUT2D eigenvalue weighted by atomic mass is 9.85. The van der Waals surface area contributed by atoms with Gasteiger partial charge < -0.3 is 25.0 Å². The van der Waals surface area contributed by atoms with Gasteiger partial charge in [-0.25, -0.2) is 18.0 Å². The molecule has 2 aliphatic carbocycles. The second kappa shape index (κ2) is 14.0. The standard InChI is InChI=1S/C32H43Cl2N5O9S/c1-8-17-15-32(17,27(42)38-49(45,46)22-9-10-22)37-25(40)23-14-21(47-28(43)35-20-12-18(33)11-19(34)13-20)16-39(23)26(41)24(30(2,3)4)36-29(44)48-31(5,6)7/h8,11-13,17,21-24H,1,9-10,14-16H2,2-7H3,(H,35,43)(H,36,44)(H,37,40)(H,38,42)/t17?,21-,23+,24-,32?/m1/s1. The highest BCUT2D eigenvalue weighted by molar-refractivity contribution is 7.91. The zero-order valence-electron chi connectivity index (χ0n) is 28.2. The van der Waals surface area contributed by atoms with E-state index in [-0.39, 0.29) is 35.1 Å². The van der Waals surface area contributed by atoms with Gasteiger partial charge in [0, 0.05) is 28.1 Å². The van der Waals surface area contributed by atoms with Gasteiger partial charge in [0.05, 0.1) is 11.8 Å². The number of halogens is 2. The first-order valence-electron chi connectivity index (χ1n) is 15.8. The summed E-state index contributed by atoms with van der Waals surface area (Å²) >= 11 is 12.1. The molecule has 1 aliphatic heterocycles.